The van der Waals surface area contributed by atoms with Crippen LogP contribution in [0.15, 0.2) is 34.4 Å². The van der Waals surface area contributed by atoms with Crippen molar-refractivity contribution in [3.63, 3.8) is 0 Å². The van der Waals surface area contributed by atoms with Crippen LogP contribution in [0.1, 0.15) is 29.9 Å². The molecule has 0 amide bonds. The fourth-order valence-electron chi connectivity index (χ4n) is 3.02. The molecule has 0 fully saturated rings. The first kappa shape index (κ1) is 18.6. The number of hydrogen-bond acceptors (Lipinski definition) is 6. The van der Waals surface area contributed by atoms with E-state index in [9.17, 15) is 0 Å². The topological polar surface area (TPSA) is 35.0 Å². The molecule has 0 spiro atoms. The van der Waals surface area contributed by atoms with E-state index in [0.29, 0.717) is 6.61 Å². The molecule has 0 unspecified atom stereocenters. The van der Waals surface area contributed by atoms with Gasteiger partial charge in [0.25, 0.3) is 0 Å². The molecular formula is C19H19ClN2OS3. The second-order valence-corrected chi connectivity index (χ2v) is 10.1. The molecule has 3 nitrogen and oxygen atoms in total. The summed E-state index contributed by atoms with van der Waals surface area (Å²) >= 11 is 11.1. The maximum atomic E-state index is 6.00. The van der Waals surface area contributed by atoms with E-state index >= 15 is 0 Å². The van der Waals surface area contributed by atoms with E-state index in [4.69, 9.17) is 26.3 Å². The van der Waals surface area contributed by atoms with E-state index in [2.05, 4.69) is 26.0 Å². The van der Waals surface area contributed by atoms with Gasteiger partial charge in [-0.2, -0.15) is 0 Å². The molecule has 7 heteroatoms. The van der Waals surface area contributed by atoms with Gasteiger partial charge in [-0.15, -0.1) is 23.1 Å². The molecule has 0 saturated carbocycles. The lowest BCUT2D eigenvalue weighted by Crippen LogP contribution is -2.31. The first-order chi connectivity index (χ1) is 12.4. The van der Waals surface area contributed by atoms with Crippen LogP contribution in [0.4, 0.5) is 0 Å². The SMILES string of the molecule is CSc1nc(SCc2ccc(Cl)cc2)c2c3c(sc2n1)COC(C)(C)C3. The van der Waals surface area contributed by atoms with Crippen LogP contribution >= 0.6 is 46.5 Å². The number of nitrogens with zero attached hydrogens (tertiary/aromatic N) is 2. The number of thiophene rings is 1. The molecule has 0 radical (unpaired) electrons. The molecule has 136 valence electrons. The predicted octanol–water partition coefficient (Wildman–Crippen LogP) is 6.21. The van der Waals surface area contributed by atoms with E-state index in [0.717, 1.165) is 32.2 Å². The van der Waals surface area contributed by atoms with Gasteiger partial charge in [-0.1, -0.05) is 35.5 Å². The van der Waals surface area contributed by atoms with Crippen molar-refractivity contribution in [2.24, 2.45) is 0 Å². The average Bonchev–Trinajstić information content (AvgIpc) is 2.97. The standard InChI is InChI=1S/C19H19ClN2OS3/c1-19(2)8-13-14(9-23-19)26-17-15(13)16(21-18(22-17)24-3)25-10-11-4-6-12(20)7-5-11/h4-7H,8-10H2,1-3H3. The summed E-state index contributed by atoms with van der Waals surface area (Å²) in [6.45, 7) is 4.97. The maximum Gasteiger partial charge on any atom is 0.189 e. The molecule has 0 atom stereocenters. The van der Waals surface area contributed by atoms with Crippen LogP contribution in [0, 0.1) is 0 Å². The lowest BCUT2D eigenvalue weighted by Gasteiger charge is -2.30. The first-order valence-corrected chi connectivity index (χ1v) is 11.7. The van der Waals surface area contributed by atoms with Crippen LogP contribution < -0.4 is 0 Å². The molecule has 4 rings (SSSR count). The van der Waals surface area contributed by atoms with Crippen molar-refractivity contribution in [2.45, 2.75) is 48.4 Å². The third kappa shape index (κ3) is 3.76. The molecule has 26 heavy (non-hydrogen) atoms. The zero-order chi connectivity index (χ0) is 18.3. The van der Waals surface area contributed by atoms with Gasteiger partial charge in [0.1, 0.15) is 9.86 Å². The molecular weight excluding hydrogens is 404 g/mol. The first-order valence-electron chi connectivity index (χ1n) is 8.33. The van der Waals surface area contributed by atoms with E-state index in [1.165, 1.54) is 21.4 Å². The number of aromatic nitrogens is 2. The normalized spacial score (nSPS) is 16.0. The molecule has 3 aromatic rings. The minimum atomic E-state index is -0.142. The average molecular weight is 423 g/mol. The monoisotopic (exact) mass is 422 g/mol. The summed E-state index contributed by atoms with van der Waals surface area (Å²) in [5.74, 6) is 0.863. The van der Waals surface area contributed by atoms with E-state index in [1.807, 2.05) is 18.4 Å². The van der Waals surface area contributed by atoms with Crippen molar-refractivity contribution in [3.8, 4) is 0 Å². The van der Waals surface area contributed by atoms with Gasteiger partial charge >= 0.3 is 0 Å². The predicted molar refractivity (Wildman–Crippen MR) is 113 cm³/mol. The van der Waals surface area contributed by atoms with Crippen LogP contribution in [0.3, 0.4) is 0 Å². The van der Waals surface area contributed by atoms with E-state index < -0.39 is 0 Å². The minimum absolute atomic E-state index is 0.142. The Morgan fingerprint density at radius 1 is 1.23 bits per heavy atom. The van der Waals surface area contributed by atoms with Gasteiger partial charge in [-0.3, -0.25) is 0 Å². The summed E-state index contributed by atoms with van der Waals surface area (Å²) in [5.41, 5.74) is 2.47. The van der Waals surface area contributed by atoms with E-state index in [-0.39, 0.29) is 5.60 Å². The lowest BCUT2D eigenvalue weighted by molar-refractivity contribution is -0.0379. The zero-order valence-electron chi connectivity index (χ0n) is 14.8. The highest BCUT2D eigenvalue weighted by Gasteiger charge is 2.31. The Balaban J connectivity index is 1.74. The second kappa shape index (κ2) is 7.32. The Bertz CT molecular complexity index is 954. The fraction of sp³-hybridized carbons (Fsp3) is 0.368. The fourth-order valence-corrected chi connectivity index (χ4v) is 5.81. The van der Waals surface area contributed by atoms with E-state index in [1.54, 1.807) is 34.9 Å². The Labute approximate surface area is 170 Å². The van der Waals surface area contributed by atoms with Crippen LogP contribution in [0.25, 0.3) is 10.2 Å². The van der Waals surface area contributed by atoms with Gasteiger partial charge in [0.05, 0.1) is 12.2 Å². The van der Waals surface area contributed by atoms with Crippen molar-refractivity contribution in [3.05, 3.63) is 45.3 Å². The summed E-state index contributed by atoms with van der Waals surface area (Å²) in [6, 6.07) is 8.02. The molecule has 0 N–H and O–H groups in total. The van der Waals surface area contributed by atoms with Gasteiger partial charge in [0, 0.05) is 27.5 Å². The third-order valence-corrected chi connectivity index (χ3v) is 7.29. The highest BCUT2D eigenvalue weighted by atomic mass is 35.5. The van der Waals surface area contributed by atoms with Crippen LogP contribution in [-0.2, 0) is 23.5 Å². The van der Waals surface area contributed by atoms with Crippen LogP contribution in [0.5, 0.6) is 0 Å². The largest absolute Gasteiger partial charge is 0.370 e. The molecule has 1 aliphatic rings. The minimum Gasteiger partial charge on any atom is -0.370 e. The maximum absolute atomic E-state index is 6.00. The van der Waals surface area contributed by atoms with Gasteiger partial charge in [0.2, 0.25) is 0 Å². The van der Waals surface area contributed by atoms with Gasteiger partial charge in [0.15, 0.2) is 5.16 Å². The molecule has 2 aromatic heterocycles. The second-order valence-electron chi connectivity index (χ2n) is 6.84. The summed E-state index contributed by atoms with van der Waals surface area (Å²) in [7, 11) is 0. The number of ether oxygens (including phenoxy) is 1. The van der Waals surface area contributed by atoms with Crippen LogP contribution in [0.2, 0.25) is 5.02 Å². The quantitative estimate of drug-likeness (QED) is 0.283. The molecule has 1 aliphatic heterocycles. The van der Waals surface area contributed by atoms with Gasteiger partial charge < -0.3 is 4.74 Å². The number of fused-ring (bicyclic) bond motifs is 3. The van der Waals surface area contributed by atoms with Gasteiger partial charge in [-0.05, 0) is 43.4 Å². The van der Waals surface area contributed by atoms with Gasteiger partial charge in [-0.25, -0.2) is 9.97 Å². The lowest BCUT2D eigenvalue weighted by atomic mass is 9.95. The highest BCUT2D eigenvalue weighted by Crippen LogP contribution is 2.42. The number of benzene rings is 1. The molecule has 3 heterocycles. The summed E-state index contributed by atoms with van der Waals surface area (Å²) in [5, 5.41) is 3.89. The smallest absolute Gasteiger partial charge is 0.189 e. The summed E-state index contributed by atoms with van der Waals surface area (Å²) < 4.78 is 6.00. The van der Waals surface area contributed by atoms with Crippen LogP contribution in [-0.4, -0.2) is 21.8 Å². The zero-order valence-corrected chi connectivity index (χ0v) is 18.0. The van der Waals surface area contributed by atoms with Crippen molar-refractivity contribution in [1.82, 2.24) is 9.97 Å². The molecule has 1 aromatic carbocycles. The summed E-state index contributed by atoms with van der Waals surface area (Å²) in [6.07, 6.45) is 2.92. The Morgan fingerprint density at radius 3 is 2.73 bits per heavy atom. The molecule has 0 aliphatic carbocycles. The summed E-state index contributed by atoms with van der Waals surface area (Å²) in [4.78, 5) is 12.0. The number of rotatable bonds is 4. The van der Waals surface area contributed by atoms with Crippen molar-refractivity contribution >= 4 is 56.7 Å². The van der Waals surface area contributed by atoms with Crippen molar-refractivity contribution in [2.75, 3.05) is 6.26 Å². The van der Waals surface area contributed by atoms with Crippen molar-refractivity contribution < 1.29 is 4.74 Å². The number of hydrogen-bond donors (Lipinski definition) is 0. The Morgan fingerprint density at radius 2 is 2.00 bits per heavy atom. The Hall–Kier alpha value is -0.790. The Kier molecular flexibility index (Phi) is 5.23. The number of halogens is 1. The highest BCUT2D eigenvalue weighted by molar-refractivity contribution is 7.99. The van der Waals surface area contributed by atoms with Crippen molar-refractivity contribution in [1.29, 1.82) is 0 Å². The molecule has 0 saturated heterocycles. The third-order valence-electron chi connectivity index (χ3n) is 4.35. The molecule has 0 bridgehead atoms. The number of thioether (sulfide) groups is 2.